The Morgan fingerprint density at radius 1 is 0.689 bits per heavy atom. The van der Waals surface area contributed by atoms with Crippen LogP contribution in [0.25, 0.3) is 5.57 Å². The van der Waals surface area contributed by atoms with E-state index in [4.69, 9.17) is 4.99 Å². The molecular formula is C41H30N4. The van der Waals surface area contributed by atoms with E-state index in [1.165, 1.54) is 50.1 Å². The monoisotopic (exact) mass is 578 g/mol. The second-order valence-electron chi connectivity index (χ2n) is 12.0. The second kappa shape index (κ2) is 10.5. The highest BCUT2D eigenvalue weighted by molar-refractivity contribution is 6.12. The van der Waals surface area contributed by atoms with Gasteiger partial charge in [-0.15, -0.1) is 0 Å². The van der Waals surface area contributed by atoms with Crippen molar-refractivity contribution in [1.29, 1.82) is 0 Å². The molecule has 0 amide bonds. The van der Waals surface area contributed by atoms with E-state index in [0.29, 0.717) is 0 Å². The van der Waals surface area contributed by atoms with Crippen LogP contribution in [-0.4, -0.2) is 28.3 Å². The molecule has 45 heavy (non-hydrogen) atoms. The van der Waals surface area contributed by atoms with Gasteiger partial charge in [-0.3, -0.25) is 4.99 Å². The van der Waals surface area contributed by atoms with Crippen molar-refractivity contribution in [1.82, 2.24) is 9.97 Å². The Kier molecular flexibility index (Phi) is 6.05. The standard InChI is InChI=1S/C41H30N4/c1-2-8-27(9-3-1)32-25-31-24-30-16-20-35-34(19-14-29-15-21-36(40(30)39(29)35)41(31)44-26-32)28-12-17-33(18-13-28)45(37-10-4-6-22-42-37)38-11-5-7-23-43-38/h1-17,19-26,33,39,41H,18H2. The van der Waals surface area contributed by atoms with Gasteiger partial charge >= 0.3 is 0 Å². The molecule has 2 aromatic heterocycles. The van der Waals surface area contributed by atoms with Crippen LogP contribution in [0.4, 0.5) is 11.6 Å². The van der Waals surface area contributed by atoms with E-state index in [0.717, 1.165) is 23.6 Å². The third kappa shape index (κ3) is 4.33. The van der Waals surface area contributed by atoms with Gasteiger partial charge in [0.2, 0.25) is 0 Å². The fourth-order valence-electron chi connectivity index (χ4n) is 7.37. The number of hydrogen-bond acceptors (Lipinski definition) is 4. The van der Waals surface area contributed by atoms with Gasteiger partial charge in [0.1, 0.15) is 17.7 Å². The number of allylic oxidation sites excluding steroid dienone is 14. The summed E-state index contributed by atoms with van der Waals surface area (Å²) >= 11 is 0. The Hall–Kier alpha value is -5.61. The van der Waals surface area contributed by atoms with Crippen molar-refractivity contribution in [3.63, 3.8) is 0 Å². The van der Waals surface area contributed by atoms with Gasteiger partial charge in [-0.05, 0) is 98.6 Å². The fraction of sp³-hybridized carbons (Fsp3) is 0.0976. The van der Waals surface area contributed by atoms with Crippen molar-refractivity contribution >= 4 is 23.4 Å². The maximum absolute atomic E-state index is 5.11. The molecule has 6 aliphatic rings. The molecule has 4 nitrogen and oxygen atoms in total. The van der Waals surface area contributed by atoms with Gasteiger partial charge in [-0.25, -0.2) is 9.97 Å². The molecule has 1 aliphatic heterocycles. The molecule has 0 saturated heterocycles. The molecule has 0 fully saturated rings. The molecule has 0 saturated carbocycles. The number of fused-ring (bicyclic) bond motifs is 2. The summed E-state index contributed by atoms with van der Waals surface area (Å²) in [6.07, 6.45) is 32.1. The minimum Gasteiger partial charge on any atom is -0.304 e. The van der Waals surface area contributed by atoms with Gasteiger partial charge in [-0.1, -0.05) is 97.1 Å². The Morgan fingerprint density at radius 3 is 2.22 bits per heavy atom. The molecule has 214 valence electrons. The number of anilines is 2. The first-order valence-corrected chi connectivity index (χ1v) is 15.6. The van der Waals surface area contributed by atoms with Gasteiger partial charge in [-0.2, -0.15) is 0 Å². The molecule has 3 aromatic rings. The number of aliphatic imine (C=N–C) groups is 1. The van der Waals surface area contributed by atoms with Gasteiger partial charge in [0.25, 0.3) is 0 Å². The van der Waals surface area contributed by atoms with E-state index in [-0.39, 0.29) is 18.0 Å². The minimum atomic E-state index is 0.0369. The number of hydrogen-bond donors (Lipinski definition) is 0. The maximum Gasteiger partial charge on any atom is 0.134 e. The van der Waals surface area contributed by atoms with Crippen LogP contribution in [0.3, 0.4) is 0 Å². The molecule has 3 unspecified atom stereocenters. The fourth-order valence-corrected chi connectivity index (χ4v) is 7.37. The van der Waals surface area contributed by atoms with Crippen LogP contribution in [0.15, 0.2) is 196 Å². The Morgan fingerprint density at radius 2 is 1.49 bits per heavy atom. The SMILES string of the molecule is C1=CC(N(c2ccccn2)c2ccccn2)CC=C1C1=C2C=CC3=C4C(=CC=C(C=C1)C24)C1N=CC(c2ccccc2)=CC1=C3. The summed E-state index contributed by atoms with van der Waals surface area (Å²) in [6, 6.07) is 22.8. The second-order valence-corrected chi connectivity index (χ2v) is 12.0. The van der Waals surface area contributed by atoms with Crippen LogP contribution in [0.5, 0.6) is 0 Å². The summed E-state index contributed by atoms with van der Waals surface area (Å²) in [4.78, 5) is 16.7. The van der Waals surface area contributed by atoms with E-state index in [2.05, 4.69) is 130 Å². The minimum absolute atomic E-state index is 0.0369. The zero-order valence-corrected chi connectivity index (χ0v) is 24.7. The maximum atomic E-state index is 5.11. The number of benzene rings is 1. The predicted molar refractivity (Wildman–Crippen MR) is 183 cm³/mol. The summed E-state index contributed by atoms with van der Waals surface area (Å²) in [5.41, 5.74) is 12.9. The lowest BCUT2D eigenvalue weighted by Crippen LogP contribution is -2.32. The lowest BCUT2D eigenvalue weighted by Gasteiger charge is -2.40. The lowest BCUT2D eigenvalue weighted by atomic mass is 9.65. The number of nitrogens with zero attached hydrogens (tertiary/aromatic N) is 4. The quantitative estimate of drug-likeness (QED) is 0.305. The highest BCUT2D eigenvalue weighted by Gasteiger charge is 2.39. The first-order chi connectivity index (χ1) is 22.3. The number of pyridine rings is 2. The van der Waals surface area contributed by atoms with Crippen molar-refractivity contribution in [2.45, 2.75) is 18.5 Å². The van der Waals surface area contributed by atoms with Crippen molar-refractivity contribution in [2.75, 3.05) is 4.90 Å². The summed E-state index contributed by atoms with van der Waals surface area (Å²) in [6.45, 7) is 0. The van der Waals surface area contributed by atoms with Gasteiger partial charge in [0.05, 0.1) is 6.04 Å². The molecule has 0 spiro atoms. The highest BCUT2D eigenvalue weighted by Crippen LogP contribution is 2.51. The molecule has 0 bridgehead atoms. The Labute approximate surface area is 263 Å². The van der Waals surface area contributed by atoms with Crippen LogP contribution in [0.2, 0.25) is 0 Å². The Bertz CT molecular complexity index is 2020. The van der Waals surface area contributed by atoms with E-state index < -0.39 is 0 Å². The molecule has 0 N–H and O–H groups in total. The summed E-state index contributed by atoms with van der Waals surface area (Å²) in [7, 11) is 0. The normalized spacial score (nSPS) is 23.8. The number of dihydropyridines is 1. The molecule has 1 aromatic carbocycles. The molecule has 4 heteroatoms. The summed E-state index contributed by atoms with van der Waals surface area (Å²) < 4.78 is 0. The molecule has 3 atom stereocenters. The van der Waals surface area contributed by atoms with Crippen LogP contribution < -0.4 is 4.90 Å². The van der Waals surface area contributed by atoms with Crippen LogP contribution >= 0.6 is 0 Å². The third-order valence-electron chi connectivity index (χ3n) is 9.44. The first kappa shape index (κ1) is 25.8. The average molecular weight is 579 g/mol. The smallest absolute Gasteiger partial charge is 0.134 e. The molecular weight excluding hydrogens is 548 g/mol. The number of rotatable bonds is 5. The van der Waals surface area contributed by atoms with Crippen molar-refractivity contribution < 1.29 is 0 Å². The zero-order chi connectivity index (χ0) is 29.7. The summed E-state index contributed by atoms with van der Waals surface area (Å²) in [5, 5.41) is 0. The highest BCUT2D eigenvalue weighted by atomic mass is 15.3. The third-order valence-corrected chi connectivity index (χ3v) is 9.44. The van der Waals surface area contributed by atoms with Gasteiger partial charge in [0, 0.05) is 24.5 Å². The van der Waals surface area contributed by atoms with E-state index in [9.17, 15) is 0 Å². The van der Waals surface area contributed by atoms with Crippen molar-refractivity contribution in [2.24, 2.45) is 10.9 Å². The molecule has 0 radical (unpaired) electrons. The van der Waals surface area contributed by atoms with E-state index >= 15 is 0 Å². The summed E-state index contributed by atoms with van der Waals surface area (Å²) in [5.74, 6) is 2.02. The molecule has 9 rings (SSSR count). The van der Waals surface area contributed by atoms with Crippen LogP contribution in [0, 0.1) is 5.92 Å². The number of aromatic nitrogens is 2. The van der Waals surface area contributed by atoms with Gasteiger partial charge in [0.15, 0.2) is 0 Å². The molecule has 3 heterocycles. The lowest BCUT2D eigenvalue weighted by molar-refractivity contribution is 0.757. The molecule has 5 aliphatic carbocycles. The predicted octanol–water partition coefficient (Wildman–Crippen LogP) is 8.56. The topological polar surface area (TPSA) is 41.4 Å². The largest absolute Gasteiger partial charge is 0.304 e. The van der Waals surface area contributed by atoms with Crippen LogP contribution in [0.1, 0.15) is 12.0 Å². The van der Waals surface area contributed by atoms with E-state index in [1.807, 2.05) is 36.7 Å². The average Bonchev–Trinajstić information content (AvgIpc) is 3.12. The van der Waals surface area contributed by atoms with Gasteiger partial charge < -0.3 is 4.90 Å². The van der Waals surface area contributed by atoms with E-state index in [1.54, 1.807) is 0 Å². The first-order valence-electron chi connectivity index (χ1n) is 15.6. The zero-order valence-electron chi connectivity index (χ0n) is 24.7. The van der Waals surface area contributed by atoms with Crippen LogP contribution in [-0.2, 0) is 0 Å². The van der Waals surface area contributed by atoms with Crippen molar-refractivity contribution in [3.8, 4) is 0 Å². The van der Waals surface area contributed by atoms with Crippen molar-refractivity contribution in [3.05, 3.63) is 196 Å². The Balaban J connectivity index is 1.05.